The Hall–Kier alpha value is 0.150. The van der Waals surface area contributed by atoms with E-state index in [1.807, 2.05) is 0 Å². The molecule has 4 fully saturated rings. The standard InChI is InChI=1S/C14H19BrO/c1-12-4-2-5-13(7-8-13)10-9(12)3-6-14(10,15)11(12)16/h9-10H,2-8H2,1H3/t9-,10+,12+,14-/m0/s1. The third-order valence-electron chi connectivity index (χ3n) is 6.35. The number of carbonyl (C=O) groups is 1. The molecule has 0 heterocycles. The Labute approximate surface area is 105 Å². The van der Waals surface area contributed by atoms with Gasteiger partial charge in [-0.25, -0.2) is 0 Å². The third-order valence-corrected chi connectivity index (χ3v) is 7.60. The molecule has 0 aliphatic heterocycles. The van der Waals surface area contributed by atoms with Gasteiger partial charge < -0.3 is 0 Å². The Balaban J connectivity index is 1.91. The minimum atomic E-state index is -0.108. The summed E-state index contributed by atoms with van der Waals surface area (Å²) < 4.78 is -0.108. The van der Waals surface area contributed by atoms with Crippen LogP contribution < -0.4 is 0 Å². The zero-order valence-corrected chi connectivity index (χ0v) is 11.5. The molecule has 4 rings (SSSR count). The van der Waals surface area contributed by atoms with Gasteiger partial charge in [0.15, 0.2) is 5.78 Å². The van der Waals surface area contributed by atoms with Gasteiger partial charge in [0.1, 0.15) is 0 Å². The predicted octanol–water partition coefficient (Wildman–Crippen LogP) is 3.70. The van der Waals surface area contributed by atoms with Crippen LogP contribution in [0, 0.1) is 22.7 Å². The maximum Gasteiger partial charge on any atom is 0.155 e. The van der Waals surface area contributed by atoms with Crippen molar-refractivity contribution >= 4 is 21.7 Å². The largest absolute Gasteiger partial charge is 0.297 e. The molecule has 16 heavy (non-hydrogen) atoms. The molecule has 0 N–H and O–H groups in total. The summed E-state index contributed by atoms with van der Waals surface area (Å²) in [6.07, 6.45) is 9.03. The molecule has 0 aromatic heterocycles. The first-order valence-electron chi connectivity index (χ1n) is 6.77. The minimum Gasteiger partial charge on any atom is -0.297 e. The number of halogens is 1. The molecule has 0 aromatic rings. The zero-order chi connectivity index (χ0) is 11.2. The number of hydrogen-bond donors (Lipinski definition) is 0. The number of rotatable bonds is 0. The van der Waals surface area contributed by atoms with E-state index in [0.717, 1.165) is 12.8 Å². The molecule has 4 bridgehead atoms. The van der Waals surface area contributed by atoms with Crippen molar-refractivity contribution in [2.75, 3.05) is 0 Å². The fourth-order valence-corrected chi connectivity index (χ4v) is 6.97. The van der Waals surface area contributed by atoms with Crippen molar-refractivity contribution < 1.29 is 4.79 Å². The number of Topliss-reactive ketones (excluding diaryl/α,β-unsaturated/α-hetero) is 1. The molecule has 0 saturated heterocycles. The highest BCUT2D eigenvalue weighted by Gasteiger charge is 2.75. The first-order valence-corrected chi connectivity index (χ1v) is 7.56. The Bertz CT molecular complexity index is 386. The van der Waals surface area contributed by atoms with E-state index in [0.29, 0.717) is 23.0 Å². The molecular formula is C14H19BrO. The maximum atomic E-state index is 12.7. The number of carbonyl (C=O) groups excluding carboxylic acids is 1. The van der Waals surface area contributed by atoms with Gasteiger partial charge in [-0.05, 0) is 55.8 Å². The third kappa shape index (κ3) is 0.866. The lowest BCUT2D eigenvalue weighted by Crippen LogP contribution is -2.42. The van der Waals surface area contributed by atoms with Crippen LogP contribution in [0.1, 0.15) is 51.9 Å². The van der Waals surface area contributed by atoms with E-state index in [1.54, 1.807) is 0 Å². The van der Waals surface area contributed by atoms with Crippen molar-refractivity contribution in [1.82, 2.24) is 0 Å². The summed E-state index contributed by atoms with van der Waals surface area (Å²) in [6.45, 7) is 2.26. The van der Waals surface area contributed by atoms with Gasteiger partial charge >= 0.3 is 0 Å². The molecule has 4 saturated carbocycles. The van der Waals surface area contributed by atoms with E-state index in [2.05, 4.69) is 22.9 Å². The summed E-state index contributed by atoms with van der Waals surface area (Å²) in [5.74, 6) is 1.94. The Morgan fingerprint density at radius 1 is 1.19 bits per heavy atom. The Morgan fingerprint density at radius 3 is 2.62 bits per heavy atom. The highest BCUT2D eigenvalue weighted by molar-refractivity contribution is 9.10. The summed E-state index contributed by atoms with van der Waals surface area (Å²) >= 11 is 3.89. The van der Waals surface area contributed by atoms with Gasteiger partial charge in [-0.2, -0.15) is 0 Å². The number of ketones is 1. The SMILES string of the molecule is C[C@@]12CCCC3(CC3)[C@H]3[C@@H]1CC[C@@]3(Br)C2=O. The molecule has 88 valence electrons. The summed E-state index contributed by atoms with van der Waals surface area (Å²) in [6, 6.07) is 0. The van der Waals surface area contributed by atoms with E-state index in [4.69, 9.17) is 0 Å². The van der Waals surface area contributed by atoms with Crippen molar-refractivity contribution in [3.8, 4) is 0 Å². The molecule has 0 radical (unpaired) electrons. The van der Waals surface area contributed by atoms with Crippen LogP contribution in [0.15, 0.2) is 0 Å². The highest BCUT2D eigenvalue weighted by atomic mass is 79.9. The lowest BCUT2D eigenvalue weighted by molar-refractivity contribution is -0.130. The summed E-state index contributed by atoms with van der Waals surface area (Å²) in [5.41, 5.74) is 0.604. The molecule has 0 aromatic carbocycles. The second-order valence-electron chi connectivity index (χ2n) is 6.95. The smallest absolute Gasteiger partial charge is 0.155 e. The molecule has 2 heteroatoms. The van der Waals surface area contributed by atoms with Crippen LogP contribution in [0.5, 0.6) is 0 Å². The molecule has 4 aliphatic carbocycles. The summed E-state index contributed by atoms with van der Waals surface area (Å²) in [4.78, 5) is 12.7. The van der Waals surface area contributed by atoms with Crippen LogP contribution in [-0.4, -0.2) is 10.1 Å². The van der Waals surface area contributed by atoms with Crippen molar-refractivity contribution in [1.29, 1.82) is 0 Å². The molecule has 1 nitrogen and oxygen atoms in total. The molecule has 4 aliphatic rings. The van der Waals surface area contributed by atoms with E-state index in [1.165, 1.54) is 32.1 Å². The highest BCUT2D eigenvalue weighted by Crippen LogP contribution is 2.76. The molecule has 0 unspecified atom stereocenters. The summed E-state index contributed by atoms with van der Waals surface area (Å²) in [7, 11) is 0. The fourth-order valence-electron chi connectivity index (χ4n) is 5.49. The molecule has 0 amide bonds. The fraction of sp³-hybridized carbons (Fsp3) is 0.929. The van der Waals surface area contributed by atoms with Gasteiger partial charge in [0, 0.05) is 5.41 Å². The Kier molecular flexibility index (Phi) is 1.64. The average molecular weight is 283 g/mol. The van der Waals surface area contributed by atoms with Crippen LogP contribution in [0.3, 0.4) is 0 Å². The van der Waals surface area contributed by atoms with Gasteiger partial charge in [0.25, 0.3) is 0 Å². The van der Waals surface area contributed by atoms with Crippen LogP contribution in [0.4, 0.5) is 0 Å². The van der Waals surface area contributed by atoms with E-state index in [-0.39, 0.29) is 9.74 Å². The first-order chi connectivity index (χ1) is 7.53. The Morgan fingerprint density at radius 2 is 1.94 bits per heavy atom. The lowest BCUT2D eigenvalue weighted by atomic mass is 9.71. The van der Waals surface area contributed by atoms with Crippen molar-refractivity contribution in [2.45, 2.75) is 56.2 Å². The first kappa shape index (κ1) is 10.1. The van der Waals surface area contributed by atoms with Gasteiger partial charge in [0.05, 0.1) is 4.32 Å². The van der Waals surface area contributed by atoms with Gasteiger partial charge in [-0.1, -0.05) is 29.3 Å². The average Bonchev–Trinajstić information content (AvgIpc) is 2.92. The van der Waals surface area contributed by atoms with Crippen molar-refractivity contribution in [2.24, 2.45) is 22.7 Å². The second kappa shape index (κ2) is 2.60. The quantitative estimate of drug-likeness (QED) is 0.619. The second-order valence-corrected chi connectivity index (χ2v) is 8.36. The van der Waals surface area contributed by atoms with Crippen molar-refractivity contribution in [3.63, 3.8) is 0 Å². The maximum absolute atomic E-state index is 12.7. The van der Waals surface area contributed by atoms with Gasteiger partial charge in [0.2, 0.25) is 0 Å². The summed E-state index contributed by atoms with van der Waals surface area (Å²) in [5, 5.41) is 0. The lowest BCUT2D eigenvalue weighted by Gasteiger charge is -2.34. The van der Waals surface area contributed by atoms with Crippen LogP contribution in [0.2, 0.25) is 0 Å². The van der Waals surface area contributed by atoms with E-state index >= 15 is 0 Å². The van der Waals surface area contributed by atoms with Gasteiger partial charge in [-0.3, -0.25) is 4.79 Å². The number of alkyl halides is 1. The van der Waals surface area contributed by atoms with E-state index < -0.39 is 0 Å². The van der Waals surface area contributed by atoms with Gasteiger partial charge in [-0.15, -0.1) is 0 Å². The molecule has 1 spiro atoms. The minimum absolute atomic E-state index is 0.0263. The monoisotopic (exact) mass is 282 g/mol. The zero-order valence-electron chi connectivity index (χ0n) is 9.89. The molecule has 4 atom stereocenters. The topological polar surface area (TPSA) is 17.1 Å². The van der Waals surface area contributed by atoms with Crippen LogP contribution in [0.25, 0.3) is 0 Å². The van der Waals surface area contributed by atoms with Crippen LogP contribution >= 0.6 is 15.9 Å². The van der Waals surface area contributed by atoms with E-state index in [9.17, 15) is 4.79 Å². The molecular weight excluding hydrogens is 264 g/mol. The van der Waals surface area contributed by atoms with Crippen LogP contribution in [-0.2, 0) is 4.79 Å². The number of hydrogen-bond acceptors (Lipinski definition) is 1. The normalized spacial score (nSPS) is 56.8. The predicted molar refractivity (Wildman–Crippen MR) is 66.5 cm³/mol. The van der Waals surface area contributed by atoms with Crippen molar-refractivity contribution in [3.05, 3.63) is 0 Å².